The molecule has 0 aromatic heterocycles. The van der Waals surface area contributed by atoms with Crippen molar-refractivity contribution in [3.8, 4) is 0 Å². The van der Waals surface area contributed by atoms with Crippen LogP contribution in [0, 0.1) is 0 Å². The molecular formula is C32H46O5Si. The molecule has 208 valence electrons. The molecule has 1 N–H and O–H groups in total. The van der Waals surface area contributed by atoms with Crippen LogP contribution in [-0.2, 0) is 31.9 Å². The Morgan fingerprint density at radius 3 is 2.18 bits per heavy atom. The van der Waals surface area contributed by atoms with Crippen molar-refractivity contribution in [2.45, 2.75) is 95.5 Å². The molecule has 2 aromatic carbocycles. The summed E-state index contributed by atoms with van der Waals surface area (Å²) in [7, 11) is -2.19. The maximum Gasteiger partial charge on any atom is 0.192 e. The molecule has 0 spiro atoms. The fraction of sp³-hybridized carbons (Fsp3) is 0.500. The van der Waals surface area contributed by atoms with Gasteiger partial charge in [-0.05, 0) is 36.2 Å². The zero-order valence-corrected chi connectivity index (χ0v) is 24.9. The van der Waals surface area contributed by atoms with Crippen LogP contribution < -0.4 is 0 Å². The summed E-state index contributed by atoms with van der Waals surface area (Å²) in [6.45, 7) is 18.1. The van der Waals surface area contributed by atoms with Crippen LogP contribution in [0.5, 0.6) is 0 Å². The van der Waals surface area contributed by atoms with Gasteiger partial charge in [0.15, 0.2) is 8.32 Å². The molecule has 3 rings (SSSR count). The van der Waals surface area contributed by atoms with Gasteiger partial charge in [0.2, 0.25) is 0 Å². The van der Waals surface area contributed by atoms with Crippen LogP contribution in [-0.4, -0.2) is 50.0 Å². The van der Waals surface area contributed by atoms with Crippen LogP contribution in [0.2, 0.25) is 18.1 Å². The number of ether oxygens (including phenoxy) is 3. The summed E-state index contributed by atoms with van der Waals surface area (Å²) in [6, 6.07) is 20.2. The van der Waals surface area contributed by atoms with E-state index < -0.39 is 20.0 Å². The molecule has 1 aliphatic rings. The molecule has 1 fully saturated rings. The molecule has 0 bridgehead atoms. The number of benzene rings is 2. The number of rotatable bonds is 12. The molecular weight excluding hydrogens is 492 g/mol. The highest BCUT2D eigenvalue weighted by Crippen LogP contribution is 2.43. The van der Waals surface area contributed by atoms with Gasteiger partial charge in [0.05, 0.1) is 32.0 Å². The molecule has 0 saturated carbocycles. The molecule has 0 aliphatic carbocycles. The van der Waals surface area contributed by atoms with E-state index in [0.717, 1.165) is 11.1 Å². The lowest BCUT2D eigenvalue weighted by molar-refractivity contribution is -0.260. The Bertz CT molecular complexity index is 1020. The van der Waals surface area contributed by atoms with Gasteiger partial charge >= 0.3 is 0 Å². The van der Waals surface area contributed by atoms with Crippen molar-refractivity contribution in [2.75, 3.05) is 6.61 Å². The zero-order valence-electron chi connectivity index (χ0n) is 23.9. The van der Waals surface area contributed by atoms with E-state index in [1.807, 2.05) is 55.5 Å². The average Bonchev–Trinajstić information content (AvgIpc) is 2.88. The maximum absolute atomic E-state index is 11.3. The average molecular weight is 539 g/mol. The third-order valence-corrected chi connectivity index (χ3v) is 12.4. The van der Waals surface area contributed by atoms with Crippen molar-refractivity contribution in [1.82, 2.24) is 0 Å². The van der Waals surface area contributed by atoms with Gasteiger partial charge in [0, 0.05) is 6.42 Å². The van der Waals surface area contributed by atoms with Crippen LogP contribution in [0.1, 0.15) is 45.2 Å². The molecule has 1 aliphatic heterocycles. The van der Waals surface area contributed by atoms with Gasteiger partial charge in [0.1, 0.15) is 17.8 Å². The Balaban J connectivity index is 1.87. The van der Waals surface area contributed by atoms with Gasteiger partial charge < -0.3 is 23.7 Å². The molecule has 2 aromatic rings. The van der Waals surface area contributed by atoms with E-state index >= 15 is 0 Å². The fourth-order valence-electron chi connectivity index (χ4n) is 4.37. The first-order valence-corrected chi connectivity index (χ1v) is 16.5. The lowest BCUT2D eigenvalue weighted by atomic mass is 9.84. The normalized spacial score (nSPS) is 25.4. The number of hydrogen-bond acceptors (Lipinski definition) is 5. The van der Waals surface area contributed by atoms with Crippen molar-refractivity contribution in [3.63, 3.8) is 0 Å². The van der Waals surface area contributed by atoms with E-state index in [2.05, 4.69) is 52.6 Å². The van der Waals surface area contributed by atoms with Gasteiger partial charge in [-0.15, -0.1) is 0 Å². The third kappa shape index (κ3) is 7.98. The van der Waals surface area contributed by atoms with E-state index in [1.54, 1.807) is 18.2 Å². The Morgan fingerprint density at radius 2 is 1.63 bits per heavy atom. The van der Waals surface area contributed by atoms with Crippen LogP contribution >= 0.6 is 0 Å². The third-order valence-electron chi connectivity index (χ3n) is 7.87. The van der Waals surface area contributed by atoms with E-state index in [4.69, 9.17) is 18.6 Å². The van der Waals surface area contributed by atoms with Gasteiger partial charge in [-0.1, -0.05) is 106 Å². The highest BCUT2D eigenvalue weighted by molar-refractivity contribution is 6.74. The minimum atomic E-state index is -2.19. The molecule has 6 heteroatoms. The molecule has 0 unspecified atom stereocenters. The van der Waals surface area contributed by atoms with Gasteiger partial charge in [-0.2, -0.15) is 0 Å². The Labute approximate surface area is 230 Å². The molecule has 0 amide bonds. The van der Waals surface area contributed by atoms with E-state index in [1.165, 1.54) is 0 Å². The van der Waals surface area contributed by atoms with E-state index in [0.29, 0.717) is 26.2 Å². The fourth-order valence-corrected chi connectivity index (χ4v) is 5.76. The minimum Gasteiger partial charge on any atom is -0.411 e. The second kappa shape index (κ2) is 13.3. The standard InChI is InChI=1S/C32H46O5Si/c1-8-9-20-29(33)32(5)30(37-38(6,7)31(2,3)4)21-27(35-23-26-18-14-11-15-19-26)28(36-32)24-34-22-25-16-12-10-13-17-25/h8-20,27-30,33H,1,21-24H2,2-7H3/b20-9+/t27-,28+,29-,30+,32-/m1/s1. The molecule has 38 heavy (non-hydrogen) atoms. The monoisotopic (exact) mass is 538 g/mol. The van der Waals surface area contributed by atoms with Gasteiger partial charge in [0.25, 0.3) is 0 Å². The Hall–Kier alpha value is -2.06. The highest BCUT2D eigenvalue weighted by Gasteiger charge is 2.53. The molecule has 0 radical (unpaired) electrons. The summed E-state index contributed by atoms with van der Waals surface area (Å²) >= 11 is 0. The van der Waals surface area contributed by atoms with Crippen molar-refractivity contribution >= 4 is 8.32 Å². The summed E-state index contributed by atoms with van der Waals surface area (Å²) in [4.78, 5) is 0. The number of aliphatic hydroxyl groups is 1. The van der Waals surface area contributed by atoms with Crippen molar-refractivity contribution in [1.29, 1.82) is 0 Å². The zero-order chi connectivity index (χ0) is 27.8. The first-order chi connectivity index (χ1) is 18.0. The first kappa shape index (κ1) is 30.5. The summed E-state index contributed by atoms with van der Waals surface area (Å²) in [5.41, 5.74) is 1.21. The predicted octanol–water partition coefficient (Wildman–Crippen LogP) is 6.83. The second-order valence-corrected chi connectivity index (χ2v) is 16.6. The van der Waals surface area contributed by atoms with Crippen molar-refractivity contribution in [2.24, 2.45) is 0 Å². The summed E-state index contributed by atoms with van der Waals surface area (Å²) < 4.78 is 26.3. The predicted molar refractivity (Wildman–Crippen MR) is 156 cm³/mol. The van der Waals surface area contributed by atoms with Crippen molar-refractivity contribution < 1.29 is 23.7 Å². The van der Waals surface area contributed by atoms with Crippen molar-refractivity contribution in [3.05, 3.63) is 96.6 Å². The lowest BCUT2D eigenvalue weighted by Crippen LogP contribution is -2.64. The summed E-state index contributed by atoms with van der Waals surface area (Å²) in [5, 5.41) is 11.3. The quantitative estimate of drug-likeness (QED) is 0.237. The molecule has 5 atom stereocenters. The van der Waals surface area contributed by atoms with E-state index in [-0.39, 0.29) is 23.4 Å². The second-order valence-electron chi connectivity index (χ2n) is 11.8. The smallest absolute Gasteiger partial charge is 0.192 e. The van der Waals surface area contributed by atoms with Gasteiger partial charge in [-0.25, -0.2) is 0 Å². The summed E-state index contributed by atoms with van der Waals surface area (Å²) in [6.07, 6.45) is 3.84. The molecule has 1 saturated heterocycles. The minimum absolute atomic E-state index is 0.00581. The highest BCUT2D eigenvalue weighted by atomic mass is 28.4. The SMILES string of the molecule is C=C/C=C/[C@@H](O)[C@@]1(C)O[C@@H](COCc2ccccc2)[C@H](OCc2ccccc2)C[C@@H]1O[Si](C)(C)C(C)(C)C. The van der Waals surface area contributed by atoms with E-state index in [9.17, 15) is 5.11 Å². The molecule has 5 nitrogen and oxygen atoms in total. The topological polar surface area (TPSA) is 57.2 Å². The summed E-state index contributed by atoms with van der Waals surface area (Å²) in [5.74, 6) is 0. The van der Waals surface area contributed by atoms with Gasteiger partial charge in [-0.3, -0.25) is 0 Å². The largest absolute Gasteiger partial charge is 0.411 e. The van der Waals surface area contributed by atoms with Crippen LogP contribution in [0.4, 0.5) is 0 Å². The number of hydrogen-bond donors (Lipinski definition) is 1. The first-order valence-electron chi connectivity index (χ1n) is 13.6. The Morgan fingerprint density at radius 1 is 1.05 bits per heavy atom. The van der Waals surface area contributed by atoms with Crippen LogP contribution in [0.15, 0.2) is 85.5 Å². The number of aliphatic hydroxyl groups excluding tert-OH is 1. The Kier molecular flexibility index (Phi) is 10.7. The maximum atomic E-state index is 11.3. The molecule has 1 heterocycles. The van der Waals surface area contributed by atoms with Crippen LogP contribution in [0.25, 0.3) is 0 Å². The lowest BCUT2D eigenvalue weighted by Gasteiger charge is -2.52. The number of allylic oxidation sites excluding steroid dienone is 2. The van der Waals surface area contributed by atoms with Crippen LogP contribution in [0.3, 0.4) is 0 Å².